The minimum Gasteiger partial charge on any atom is -0.207 e. The van der Waals surface area contributed by atoms with Crippen molar-refractivity contribution in [3.05, 3.63) is 64.4 Å². The fourth-order valence-electron chi connectivity index (χ4n) is 1.43. The van der Waals surface area contributed by atoms with Crippen LogP contribution in [-0.2, 0) is 5.75 Å². The monoisotopic (exact) mass is 288 g/mol. The SMILES string of the molecule is Fc1cc(F)cc(CSc2ccc(Cl)c(F)c2)c1. The van der Waals surface area contributed by atoms with Gasteiger partial charge in [0.25, 0.3) is 0 Å². The van der Waals surface area contributed by atoms with Crippen LogP contribution in [0.3, 0.4) is 0 Å². The van der Waals surface area contributed by atoms with Crippen molar-refractivity contribution in [3.8, 4) is 0 Å². The Labute approximate surface area is 112 Å². The summed E-state index contributed by atoms with van der Waals surface area (Å²) in [6.45, 7) is 0. The van der Waals surface area contributed by atoms with E-state index >= 15 is 0 Å². The zero-order valence-electron chi connectivity index (χ0n) is 9.09. The van der Waals surface area contributed by atoms with Crippen molar-refractivity contribution in [3.63, 3.8) is 0 Å². The summed E-state index contributed by atoms with van der Waals surface area (Å²) >= 11 is 6.84. The van der Waals surface area contributed by atoms with E-state index in [4.69, 9.17) is 11.6 Å². The lowest BCUT2D eigenvalue weighted by Gasteiger charge is -2.04. The van der Waals surface area contributed by atoms with Crippen LogP contribution in [0.1, 0.15) is 5.56 Å². The summed E-state index contributed by atoms with van der Waals surface area (Å²) in [6.07, 6.45) is 0. The first-order chi connectivity index (χ1) is 8.54. The third-order valence-electron chi connectivity index (χ3n) is 2.22. The van der Waals surface area contributed by atoms with E-state index in [1.807, 2.05) is 0 Å². The second-order valence-electron chi connectivity index (χ2n) is 3.64. The largest absolute Gasteiger partial charge is 0.207 e. The Morgan fingerprint density at radius 2 is 1.61 bits per heavy atom. The molecule has 0 nitrogen and oxygen atoms in total. The molecule has 2 rings (SSSR count). The minimum absolute atomic E-state index is 0.0520. The second-order valence-corrected chi connectivity index (χ2v) is 5.10. The van der Waals surface area contributed by atoms with Gasteiger partial charge >= 0.3 is 0 Å². The molecule has 0 fully saturated rings. The van der Waals surface area contributed by atoms with E-state index in [0.717, 1.165) is 6.07 Å². The van der Waals surface area contributed by atoms with Gasteiger partial charge in [-0.1, -0.05) is 11.6 Å². The molecule has 0 spiro atoms. The lowest BCUT2D eigenvalue weighted by Crippen LogP contribution is -1.87. The van der Waals surface area contributed by atoms with Gasteiger partial charge in [0, 0.05) is 16.7 Å². The molecule has 2 aromatic rings. The summed E-state index contributed by atoms with van der Waals surface area (Å²) in [5, 5.41) is 0.0520. The van der Waals surface area contributed by atoms with Crippen LogP contribution in [-0.4, -0.2) is 0 Å². The van der Waals surface area contributed by atoms with E-state index in [1.165, 1.54) is 36.0 Å². The number of hydrogen-bond acceptors (Lipinski definition) is 1. The average Bonchev–Trinajstić information content (AvgIpc) is 2.29. The van der Waals surface area contributed by atoms with Gasteiger partial charge in [-0.3, -0.25) is 0 Å². The van der Waals surface area contributed by atoms with Crippen molar-refractivity contribution in [2.24, 2.45) is 0 Å². The van der Waals surface area contributed by atoms with Gasteiger partial charge in [-0.2, -0.15) is 0 Å². The number of rotatable bonds is 3. The first-order valence-corrected chi connectivity index (χ1v) is 6.44. The van der Waals surface area contributed by atoms with Gasteiger partial charge < -0.3 is 0 Å². The van der Waals surface area contributed by atoms with Gasteiger partial charge in [0.05, 0.1) is 5.02 Å². The molecule has 0 N–H and O–H groups in total. The maximum atomic E-state index is 13.2. The third-order valence-corrected chi connectivity index (χ3v) is 3.59. The lowest BCUT2D eigenvalue weighted by atomic mass is 10.2. The van der Waals surface area contributed by atoms with Gasteiger partial charge in [-0.05, 0) is 35.9 Å². The van der Waals surface area contributed by atoms with E-state index in [0.29, 0.717) is 16.2 Å². The Bertz CT molecular complexity index is 552. The molecule has 94 valence electrons. The minimum atomic E-state index is -0.618. The summed E-state index contributed by atoms with van der Waals surface area (Å²) < 4.78 is 39.1. The predicted molar refractivity (Wildman–Crippen MR) is 67.3 cm³/mol. The van der Waals surface area contributed by atoms with E-state index < -0.39 is 17.5 Å². The lowest BCUT2D eigenvalue weighted by molar-refractivity contribution is 0.581. The fourth-order valence-corrected chi connectivity index (χ4v) is 2.40. The predicted octanol–water partition coefficient (Wildman–Crippen LogP) is 5.05. The molecule has 0 amide bonds. The van der Waals surface area contributed by atoms with Crippen LogP contribution in [0.5, 0.6) is 0 Å². The maximum absolute atomic E-state index is 13.2. The fraction of sp³-hybridized carbons (Fsp3) is 0.0769. The molecule has 0 aliphatic heterocycles. The molecule has 0 saturated heterocycles. The summed E-state index contributed by atoms with van der Waals surface area (Å²) in [6, 6.07) is 7.72. The Hall–Kier alpha value is -1.13. The van der Waals surface area contributed by atoms with E-state index in [-0.39, 0.29) is 5.02 Å². The van der Waals surface area contributed by atoms with E-state index in [2.05, 4.69) is 0 Å². The van der Waals surface area contributed by atoms with Crippen LogP contribution < -0.4 is 0 Å². The van der Waals surface area contributed by atoms with Crippen molar-refractivity contribution in [2.45, 2.75) is 10.6 Å². The quantitative estimate of drug-likeness (QED) is 0.712. The molecule has 5 heteroatoms. The highest BCUT2D eigenvalue weighted by atomic mass is 35.5. The summed E-state index contributed by atoms with van der Waals surface area (Å²) in [7, 11) is 0. The Morgan fingerprint density at radius 3 is 2.22 bits per heavy atom. The molecule has 0 radical (unpaired) electrons. The maximum Gasteiger partial charge on any atom is 0.142 e. The smallest absolute Gasteiger partial charge is 0.142 e. The Kier molecular flexibility index (Phi) is 4.19. The standard InChI is InChI=1S/C13H8ClF3S/c14-12-2-1-11(6-13(12)17)18-7-8-3-9(15)5-10(16)4-8/h1-6H,7H2. The van der Waals surface area contributed by atoms with Gasteiger partial charge in [0.1, 0.15) is 17.5 Å². The van der Waals surface area contributed by atoms with Gasteiger partial charge in [-0.25, -0.2) is 13.2 Å². The van der Waals surface area contributed by atoms with Crippen LogP contribution in [0.2, 0.25) is 5.02 Å². The van der Waals surface area contributed by atoms with Gasteiger partial charge in [0.2, 0.25) is 0 Å². The van der Waals surface area contributed by atoms with E-state index in [1.54, 1.807) is 6.07 Å². The zero-order valence-corrected chi connectivity index (χ0v) is 10.7. The number of thioether (sulfide) groups is 1. The molecular weight excluding hydrogens is 281 g/mol. The normalized spacial score (nSPS) is 10.7. The van der Waals surface area contributed by atoms with Crippen molar-refractivity contribution in [1.29, 1.82) is 0 Å². The first-order valence-electron chi connectivity index (χ1n) is 5.07. The first kappa shape index (κ1) is 13.3. The topological polar surface area (TPSA) is 0 Å². The van der Waals surface area contributed by atoms with Crippen molar-refractivity contribution >= 4 is 23.4 Å². The highest BCUT2D eigenvalue weighted by Crippen LogP contribution is 2.26. The van der Waals surface area contributed by atoms with Crippen LogP contribution in [0.15, 0.2) is 41.3 Å². The Balaban J connectivity index is 2.08. The van der Waals surface area contributed by atoms with Gasteiger partial charge in [-0.15, -0.1) is 11.8 Å². The number of benzene rings is 2. The number of halogens is 4. The highest BCUT2D eigenvalue weighted by Gasteiger charge is 2.04. The molecule has 0 heterocycles. The summed E-state index contributed by atoms with van der Waals surface area (Å²) in [4.78, 5) is 0.654. The Morgan fingerprint density at radius 1 is 0.944 bits per heavy atom. The van der Waals surface area contributed by atoms with E-state index in [9.17, 15) is 13.2 Å². The summed E-state index contributed by atoms with van der Waals surface area (Å²) in [5.41, 5.74) is 0.507. The average molecular weight is 289 g/mol. The van der Waals surface area contributed by atoms with Crippen LogP contribution in [0.4, 0.5) is 13.2 Å². The molecular formula is C13H8ClF3S. The second kappa shape index (κ2) is 5.67. The molecule has 0 atom stereocenters. The van der Waals surface area contributed by atoms with Crippen LogP contribution in [0, 0.1) is 17.5 Å². The van der Waals surface area contributed by atoms with Crippen molar-refractivity contribution < 1.29 is 13.2 Å². The molecule has 0 aliphatic carbocycles. The molecule has 18 heavy (non-hydrogen) atoms. The number of hydrogen-bond donors (Lipinski definition) is 0. The van der Waals surface area contributed by atoms with Gasteiger partial charge in [0.15, 0.2) is 0 Å². The molecule has 0 saturated carbocycles. The molecule has 0 unspecified atom stereocenters. The molecule has 0 aromatic heterocycles. The van der Waals surface area contributed by atoms with Crippen molar-refractivity contribution in [2.75, 3.05) is 0 Å². The van der Waals surface area contributed by atoms with Crippen molar-refractivity contribution in [1.82, 2.24) is 0 Å². The molecule has 2 aromatic carbocycles. The highest BCUT2D eigenvalue weighted by molar-refractivity contribution is 7.98. The third kappa shape index (κ3) is 3.43. The summed E-state index contributed by atoms with van der Waals surface area (Å²) in [5.74, 6) is -1.39. The molecule has 0 aliphatic rings. The molecule has 0 bridgehead atoms. The van der Waals surface area contributed by atoms with Crippen LogP contribution >= 0.6 is 23.4 Å². The van der Waals surface area contributed by atoms with Crippen LogP contribution in [0.25, 0.3) is 0 Å². The zero-order chi connectivity index (χ0) is 13.1.